The lowest BCUT2D eigenvalue weighted by Crippen LogP contribution is -2.66. The van der Waals surface area contributed by atoms with Gasteiger partial charge in [-0.2, -0.15) is 0 Å². The number of hydrogen-bond donors (Lipinski definition) is 0. The van der Waals surface area contributed by atoms with E-state index in [9.17, 15) is 4.39 Å². The second-order valence-electron chi connectivity index (χ2n) is 8.70. The molecule has 3 aromatic rings. The number of benzene rings is 3. The Morgan fingerprint density at radius 2 is 1.09 bits per heavy atom. The van der Waals surface area contributed by atoms with Gasteiger partial charge in [-0.1, -0.05) is 65.1 Å². The minimum absolute atomic E-state index is 0.197. The molecule has 32 heavy (non-hydrogen) atoms. The van der Waals surface area contributed by atoms with E-state index in [1.54, 1.807) is 12.1 Å². The Kier molecular flexibility index (Phi) is 8.20. The number of rotatable bonds is 10. The molecule has 0 atom stereocenters. The fourth-order valence-corrected chi connectivity index (χ4v) is 18.4. The van der Waals surface area contributed by atoms with Crippen molar-refractivity contribution in [2.24, 2.45) is 0 Å². The highest BCUT2D eigenvalue weighted by molar-refractivity contribution is 7.14. The number of hydrogen-bond acceptors (Lipinski definition) is 2. The molecule has 0 spiro atoms. The Bertz CT molecular complexity index is 940. The standard InChI is InChI=1S/C26H32ClFO2Si2/c1-5-29-22-9-15-25(16-10-22)32(19-27,26-17-11-23(12-18-26)30-6-2)20-31(3,4)24-13-7-21(28)8-14-24/h7-18H,5-6,19-20H2,1-4H3. The van der Waals surface area contributed by atoms with Crippen LogP contribution in [-0.4, -0.2) is 34.9 Å². The molecule has 0 fully saturated rings. The van der Waals surface area contributed by atoms with Gasteiger partial charge in [0.1, 0.15) is 25.4 Å². The van der Waals surface area contributed by atoms with E-state index >= 15 is 0 Å². The molecule has 0 aliphatic heterocycles. The van der Waals surface area contributed by atoms with Crippen LogP contribution >= 0.6 is 11.6 Å². The molecular formula is C26H32ClFO2Si2. The van der Waals surface area contributed by atoms with E-state index in [0.29, 0.717) is 18.7 Å². The molecule has 0 amide bonds. The lowest BCUT2D eigenvalue weighted by atomic mass is 10.3. The van der Waals surface area contributed by atoms with Gasteiger partial charge < -0.3 is 9.47 Å². The summed E-state index contributed by atoms with van der Waals surface area (Å²) in [7, 11) is -4.26. The Morgan fingerprint density at radius 3 is 1.47 bits per heavy atom. The summed E-state index contributed by atoms with van der Waals surface area (Å²) >= 11 is 6.88. The van der Waals surface area contributed by atoms with Crippen molar-refractivity contribution in [3.05, 3.63) is 78.6 Å². The molecule has 3 rings (SSSR count). The number of ether oxygens (including phenoxy) is 2. The van der Waals surface area contributed by atoms with E-state index in [1.165, 1.54) is 15.6 Å². The van der Waals surface area contributed by atoms with Gasteiger partial charge >= 0.3 is 0 Å². The van der Waals surface area contributed by atoms with Crippen molar-refractivity contribution in [2.75, 3.05) is 18.7 Å². The summed E-state index contributed by atoms with van der Waals surface area (Å²) in [6.07, 6.45) is 0. The second kappa shape index (κ2) is 10.7. The molecule has 0 bridgehead atoms. The zero-order chi connectivity index (χ0) is 23.2. The number of alkyl halides is 1. The predicted molar refractivity (Wildman–Crippen MR) is 139 cm³/mol. The van der Waals surface area contributed by atoms with Gasteiger partial charge in [0.05, 0.1) is 21.3 Å². The maximum absolute atomic E-state index is 13.6. The zero-order valence-electron chi connectivity index (χ0n) is 19.3. The zero-order valence-corrected chi connectivity index (χ0v) is 22.1. The Labute approximate surface area is 198 Å². The molecule has 170 valence electrons. The largest absolute Gasteiger partial charge is 0.494 e. The summed E-state index contributed by atoms with van der Waals surface area (Å²) in [5.74, 6) is 1.54. The minimum atomic E-state index is -2.32. The maximum atomic E-state index is 13.6. The summed E-state index contributed by atoms with van der Waals surface area (Å²) in [6.45, 7) is 9.97. The average molecular weight is 487 g/mol. The van der Waals surface area contributed by atoms with E-state index in [-0.39, 0.29) is 5.82 Å². The maximum Gasteiger partial charge on any atom is 0.130 e. The first-order valence-electron chi connectivity index (χ1n) is 11.1. The van der Waals surface area contributed by atoms with Gasteiger partial charge in [0.15, 0.2) is 0 Å². The lowest BCUT2D eigenvalue weighted by molar-refractivity contribution is 0.340. The van der Waals surface area contributed by atoms with E-state index in [0.717, 1.165) is 17.2 Å². The fourth-order valence-electron chi connectivity index (χ4n) is 4.40. The molecule has 0 saturated carbocycles. The molecule has 0 saturated heterocycles. The molecule has 0 unspecified atom stereocenters. The summed E-state index contributed by atoms with van der Waals surface area (Å²) in [6, 6.07) is 24.0. The molecule has 2 nitrogen and oxygen atoms in total. The van der Waals surface area contributed by atoms with E-state index in [2.05, 4.69) is 37.4 Å². The third-order valence-corrected chi connectivity index (χ3v) is 18.6. The summed E-state index contributed by atoms with van der Waals surface area (Å²) in [5.41, 5.74) is 1.60. The molecule has 0 heterocycles. The molecule has 6 heteroatoms. The van der Waals surface area contributed by atoms with Gasteiger partial charge in [-0.25, -0.2) is 4.39 Å². The highest BCUT2D eigenvalue weighted by atomic mass is 35.5. The first-order chi connectivity index (χ1) is 15.3. The number of halogens is 2. The first kappa shape index (κ1) is 24.6. The van der Waals surface area contributed by atoms with Gasteiger partial charge in [0.25, 0.3) is 0 Å². The lowest BCUT2D eigenvalue weighted by Gasteiger charge is -2.38. The van der Waals surface area contributed by atoms with E-state index < -0.39 is 16.1 Å². The Hall–Kier alpha value is -2.09. The van der Waals surface area contributed by atoms with Crippen molar-refractivity contribution in [3.8, 4) is 11.5 Å². The van der Waals surface area contributed by atoms with Crippen LogP contribution in [0.25, 0.3) is 0 Å². The molecule has 0 aliphatic rings. The van der Waals surface area contributed by atoms with Crippen molar-refractivity contribution < 1.29 is 13.9 Å². The molecule has 0 aromatic heterocycles. The van der Waals surface area contributed by atoms with Crippen LogP contribution < -0.4 is 25.0 Å². The monoisotopic (exact) mass is 486 g/mol. The Balaban J connectivity index is 2.09. The molecular weight excluding hydrogens is 455 g/mol. The van der Waals surface area contributed by atoms with Crippen LogP contribution in [0.15, 0.2) is 72.8 Å². The van der Waals surface area contributed by atoms with Gasteiger partial charge in [-0.05, 0) is 55.9 Å². The van der Waals surface area contributed by atoms with Crippen LogP contribution in [-0.2, 0) is 0 Å². The van der Waals surface area contributed by atoms with E-state index in [1.807, 2.05) is 50.2 Å². The summed E-state index contributed by atoms with van der Waals surface area (Å²) < 4.78 is 24.9. The van der Waals surface area contributed by atoms with Gasteiger partial charge in [0, 0.05) is 5.50 Å². The van der Waals surface area contributed by atoms with Crippen LogP contribution in [0.1, 0.15) is 13.8 Å². The molecule has 0 aliphatic carbocycles. The van der Waals surface area contributed by atoms with Crippen LogP contribution in [0.2, 0.25) is 18.8 Å². The molecule has 3 aromatic carbocycles. The summed E-state index contributed by atoms with van der Waals surface area (Å²) in [4.78, 5) is 0. The third kappa shape index (κ3) is 5.45. The smallest absolute Gasteiger partial charge is 0.130 e. The minimum Gasteiger partial charge on any atom is -0.494 e. The topological polar surface area (TPSA) is 18.5 Å². The van der Waals surface area contributed by atoms with Crippen molar-refractivity contribution in [1.29, 1.82) is 0 Å². The Morgan fingerprint density at radius 1 is 0.688 bits per heavy atom. The predicted octanol–water partition coefficient (Wildman–Crippen LogP) is 5.12. The fraction of sp³-hybridized carbons (Fsp3) is 0.308. The molecule has 0 radical (unpaired) electrons. The van der Waals surface area contributed by atoms with Gasteiger partial charge in [0.2, 0.25) is 0 Å². The van der Waals surface area contributed by atoms with Gasteiger partial charge in [-0.15, -0.1) is 11.6 Å². The van der Waals surface area contributed by atoms with Crippen LogP contribution in [0.4, 0.5) is 4.39 Å². The van der Waals surface area contributed by atoms with Crippen LogP contribution in [0.3, 0.4) is 0 Å². The highest BCUT2D eigenvalue weighted by Gasteiger charge is 2.43. The average Bonchev–Trinajstić information content (AvgIpc) is 2.79. The van der Waals surface area contributed by atoms with Crippen LogP contribution in [0.5, 0.6) is 11.5 Å². The third-order valence-electron chi connectivity index (χ3n) is 6.03. The van der Waals surface area contributed by atoms with E-state index in [4.69, 9.17) is 21.1 Å². The van der Waals surface area contributed by atoms with Crippen molar-refractivity contribution in [3.63, 3.8) is 0 Å². The van der Waals surface area contributed by atoms with Crippen molar-refractivity contribution in [1.82, 2.24) is 0 Å². The highest BCUT2D eigenvalue weighted by Crippen LogP contribution is 2.24. The second-order valence-corrected chi connectivity index (χ2v) is 18.8. The van der Waals surface area contributed by atoms with Crippen molar-refractivity contribution in [2.45, 2.75) is 32.6 Å². The summed E-state index contributed by atoms with van der Waals surface area (Å²) in [5, 5.41) is 3.84. The van der Waals surface area contributed by atoms with Crippen LogP contribution in [0, 0.1) is 5.82 Å². The SMILES string of the molecule is CCOc1ccc([Si](CCl)(C[Si](C)(C)c2ccc(F)cc2)c2ccc(OCC)cc2)cc1. The quantitative estimate of drug-likeness (QED) is 0.292. The first-order valence-corrected chi connectivity index (χ1v) is 17.3. The molecule has 0 N–H and O–H groups in total. The van der Waals surface area contributed by atoms with Gasteiger partial charge in [-0.3, -0.25) is 0 Å². The van der Waals surface area contributed by atoms with Crippen molar-refractivity contribution >= 4 is 43.3 Å². The normalized spacial score (nSPS) is 11.9.